The fraction of sp³-hybridized carbons (Fsp3) is 0.190. The van der Waals surface area contributed by atoms with Gasteiger partial charge in [-0.15, -0.1) is 6.42 Å². The van der Waals surface area contributed by atoms with E-state index in [9.17, 15) is 9.90 Å². The Balaban J connectivity index is 1.84. The van der Waals surface area contributed by atoms with E-state index in [1.165, 1.54) is 0 Å². The second-order valence-corrected chi connectivity index (χ2v) is 6.24. The number of pyridine rings is 2. The molecular formula is C21H17N3O3. The number of carboxylic acids is 1. The van der Waals surface area contributed by atoms with Gasteiger partial charge in [-0.2, -0.15) is 0 Å². The molecule has 4 rings (SSSR count). The van der Waals surface area contributed by atoms with Crippen LogP contribution >= 0.6 is 0 Å². The van der Waals surface area contributed by atoms with Crippen molar-refractivity contribution in [2.75, 3.05) is 31.2 Å². The number of morpholine rings is 1. The van der Waals surface area contributed by atoms with Gasteiger partial charge in [-0.25, -0.2) is 14.8 Å². The normalized spacial score (nSPS) is 14.1. The Kier molecular flexibility index (Phi) is 4.45. The van der Waals surface area contributed by atoms with Crippen LogP contribution in [0, 0.1) is 12.3 Å². The average Bonchev–Trinajstić information content (AvgIpc) is 2.73. The van der Waals surface area contributed by atoms with Crippen molar-refractivity contribution in [1.29, 1.82) is 0 Å². The smallest absolute Gasteiger partial charge is 0.336 e. The molecule has 0 unspecified atom stereocenters. The summed E-state index contributed by atoms with van der Waals surface area (Å²) in [6.07, 6.45) is 6.99. The lowest BCUT2D eigenvalue weighted by Crippen LogP contribution is -2.36. The minimum Gasteiger partial charge on any atom is -0.478 e. The van der Waals surface area contributed by atoms with Crippen molar-refractivity contribution in [1.82, 2.24) is 9.97 Å². The molecule has 0 saturated carbocycles. The lowest BCUT2D eigenvalue weighted by Gasteiger charge is -2.27. The van der Waals surface area contributed by atoms with Crippen LogP contribution in [-0.4, -0.2) is 47.3 Å². The number of ether oxygens (including phenoxy) is 1. The Morgan fingerprint density at radius 3 is 2.59 bits per heavy atom. The molecule has 0 bridgehead atoms. The Bertz CT molecular complexity index is 1050. The molecule has 1 N–H and O–H groups in total. The zero-order chi connectivity index (χ0) is 18.8. The standard InChI is InChI=1S/C21H17N3O3/c1-2-14-3-5-15(6-4-14)18-11-16(21(25)26)17-13-22-20(12-19(17)23-18)24-7-9-27-10-8-24/h1,3-6,11-13H,7-10H2,(H,25,26). The van der Waals surface area contributed by atoms with Gasteiger partial charge in [-0.3, -0.25) is 0 Å². The van der Waals surface area contributed by atoms with E-state index in [0.717, 1.165) is 30.0 Å². The molecule has 0 radical (unpaired) electrons. The van der Waals surface area contributed by atoms with Crippen molar-refractivity contribution in [2.24, 2.45) is 0 Å². The van der Waals surface area contributed by atoms with Gasteiger partial charge in [0, 0.05) is 41.9 Å². The van der Waals surface area contributed by atoms with Gasteiger partial charge in [-0.05, 0) is 18.2 Å². The monoisotopic (exact) mass is 359 g/mol. The lowest BCUT2D eigenvalue weighted by molar-refractivity contribution is 0.0699. The maximum atomic E-state index is 11.8. The van der Waals surface area contributed by atoms with Crippen molar-refractivity contribution >= 4 is 22.7 Å². The van der Waals surface area contributed by atoms with Crippen molar-refractivity contribution in [3.05, 3.63) is 53.7 Å². The number of carboxylic acid groups (broad SMARTS) is 1. The largest absolute Gasteiger partial charge is 0.478 e. The summed E-state index contributed by atoms with van der Waals surface area (Å²) in [5.74, 6) is 2.33. The van der Waals surface area contributed by atoms with Crippen LogP contribution in [0.15, 0.2) is 42.6 Å². The van der Waals surface area contributed by atoms with Crippen LogP contribution in [0.25, 0.3) is 22.2 Å². The molecule has 2 aromatic heterocycles. The SMILES string of the molecule is C#Cc1ccc(-c2cc(C(=O)O)c3cnc(N4CCOCC4)cc3n2)cc1. The van der Waals surface area contributed by atoms with Gasteiger partial charge in [0.05, 0.1) is 30.0 Å². The predicted molar refractivity (Wildman–Crippen MR) is 103 cm³/mol. The van der Waals surface area contributed by atoms with Gasteiger partial charge in [-0.1, -0.05) is 18.1 Å². The Labute approximate surface area is 156 Å². The summed E-state index contributed by atoms with van der Waals surface area (Å²) in [5, 5.41) is 10.2. The summed E-state index contributed by atoms with van der Waals surface area (Å²) in [6, 6.07) is 10.7. The minimum atomic E-state index is -1.01. The Morgan fingerprint density at radius 1 is 1.19 bits per heavy atom. The number of anilines is 1. The number of nitrogens with zero attached hydrogens (tertiary/aromatic N) is 3. The minimum absolute atomic E-state index is 0.178. The molecule has 3 aromatic rings. The summed E-state index contributed by atoms with van der Waals surface area (Å²) < 4.78 is 5.38. The fourth-order valence-electron chi connectivity index (χ4n) is 3.14. The number of hydrogen-bond acceptors (Lipinski definition) is 5. The first-order chi connectivity index (χ1) is 13.2. The molecule has 6 heteroatoms. The van der Waals surface area contributed by atoms with Gasteiger partial charge >= 0.3 is 5.97 Å². The van der Waals surface area contributed by atoms with E-state index < -0.39 is 5.97 Å². The third kappa shape index (κ3) is 3.33. The van der Waals surface area contributed by atoms with E-state index in [-0.39, 0.29) is 5.56 Å². The highest BCUT2D eigenvalue weighted by molar-refractivity contribution is 6.03. The van der Waals surface area contributed by atoms with Crippen LogP contribution in [-0.2, 0) is 4.74 Å². The van der Waals surface area contributed by atoms with Crippen molar-refractivity contribution in [3.8, 4) is 23.6 Å². The van der Waals surface area contributed by atoms with E-state index in [0.29, 0.717) is 29.8 Å². The van der Waals surface area contributed by atoms with E-state index in [4.69, 9.17) is 11.2 Å². The number of benzene rings is 1. The molecule has 3 heterocycles. The molecule has 134 valence electrons. The first-order valence-corrected chi connectivity index (χ1v) is 8.59. The Morgan fingerprint density at radius 2 is 1.93 bits per heavy atom. The Hall–Kier alpha value is -3.43. The lowest BCUT2D eigenvalue weighted by atomic mass is 10.0. The molecule has 1 aliphatic rings. The van der Waals surface area contributed by atoms with Crippen molar-refractivity contribution in [3.63, 3.8) is 0 Å². The molecule has 6 nitrogen and oxygen atoms in total. The first kappa shape index (κ1) is 17.0. The highest BCUT2D eigenvalue weighted by Crippen LogP contribution is 2.27. The molecule has 0 spiro atoms. The summed E-state index contributed by atoms with van der Waals surface area (Å²) >= 11 is 0. The number of aromatic carboxylic acids is 1. The van der Waals surface area contributed by atoms with Gasteiger partial charge < -0.3 is 14.7 Å². The molecule has 1 aliphatic heterocycles. The zero-order valence-electron chi connectivity index (χ0n) is 14.6. The maximum Gasteiger partial charge on any atom is 0.336 e. The van der Waals surface area contributed by atoms with Crippen molar-refractivity contribution < 1.29 is 14.6 Å². The van der Waals surface area contributed by atoms with Crippen LogP contribution in [0.5, 0.6) is 0 Å². The highest BCUT2D eigenvalue weighted by atomic mass is 16.5. The second kappa shape index (κ2) is 7.06. The quantitative estimate of drug-likeness (QED) is 0.725. The molecule has 1 aromatic carbocycles. The molecule has 0 amide bonds. The van der Waals surface area contributed by atoms with Gasteiger partial charge in [0.15, 0.2) is 0 Å². The molecule has 27 heavy (non-hydrogen) atoms. The van der Waals surface area contributed by atoms with Crippen LogP contribution in [0.4, 0.5) is 5.82 Å². The van der Waals surface area contributed by atoms with Gasteiger partial charge in [0.1, 0.15) is 5.82 Å². The van der Waals surface area contributed by atoms with Crippen LogP contribution < -0.4 is 4.90 Å². The number of terminal acetylenes is 1. The third-order valence-electron chi connectivity index (χ3n) is 4.59. The van der Waals surface area contributed by atoms with E-state index >= 15 is 0 Å². The second-order valence-electron chi connectivity index (χ2n) is 6.24. The fourth-order valence-corrected chi connectivity index (χ4v) is 3.14. The molecule has 0 atom stereocenters. The zero-order valence-corrected chi connectivity index (χ0v) is 14.6. The van der Waals surface area contributed by atoms with Gasteiger partial charge in [0.25, 0.3) is 0 Å². The first-order valence-electron chi connectivity index (χ1n) is 8.59. The molecular weight excluding hydrogens is 342 g/mol. The van der Waals surface area contributed by atoms with Crippen molar-refractivity contribution in [2.45, 2.75) is 0 Å². The van der Waals surface area contributed by atoms with Crippen LogP contribution in [0.3, 0.4) is 0 Å². The van der Waals surface area contributed by atoms with E-state index in [1.807, 2.05) is 30.3 Å². The predicted octanol–water partition coefficient (Wildman–Crippen LogP) is 2.81. The summed E-state index contributed by atoms with van der Waals surface area (Å²) in [5.41, 5.74) is 2.93. The number of rotatable bonds is 3. The third-order valence-corrected chi connectivity index (χ3v) is 4.59. The number of hydrogen-bond donors (Lipinski definition) is 1. The molecule has 0 aliphatic carbocycles. The number of carbonyl (C=O) groups is 1. The number of aromatic nitrogens is 2. The van der Waals surface area contributed by atoms with Gasteiger partial charge in [0.2, 0.25) is 0 Å². The maximum absolute atomic E-state index is 11.8. The van der Waals surface area contributed by atoms with Crippen LogP contribution in [0.2, 0.25) is 0 Å². The van der Waals surface area contributed by atoms with Crippen LogP contribution in [0.1, 0.15) is 15.9 Å². The summed E-state index contributed by atoms with van der Waals surface area (Å²) in [4.78, 5) is 23.0. The van der Waals surface area contributed by atoms with E-state index in [1.54, 1.807) is 12.3 Å². The summed E-state index contributed by atoms with van der Waals surface area (Å²) in [7, 11) is 0. The topological polar surface area (TPSA) is 75.5 Å². The molecule has 1 fully saturated rings. The highest BCUT2D eigenvalue weighted by Gasteiger charge is 2.17. The average molecular weight is 359 g/mol. The summed E-state index contributed by atoms with van der Waals surface area (Å²) in [6.45, 7) is 2.79. The molecule has 1 saturated heterocycles. The van der Waals surface area contributed by atoms with E-state index in [2.05, 4.69) is 20.8 Å². The number of fused-ring (bicyclic) bond motifs is 1.